The van der Waals surface area contributed by atoms with Crippen molar-refractivity contribution in [1.82, 2.24) is 9.78 Å². The molecule has 3 aromatic rings. The molecule has 0 aliphatic carbocycles. The number of nitrogens with zero attached hydrogens (tertiary/aromatic N) is 2. The monoisotopic (exact) mass is 278 g/mol. The molecule has 0 spiro atoms. The molecule has 0 saturated heterocycles. The standard InChI is InChI=1S/C18H18N2O/c1-13-17(12-20(2)19-13)18(21)16-10-8-15(9-11-16)14-6-4-3-5-7-14/h3-12,18,21H,1-2H3. The van der Waals surface area contributed by atoms with Gasteiger partial charge in [0.2, 0.25) is 0 Å². The van der Waals surface area contributed by atoms with Crippen LogP contribution in [0.5, 0.6) is 0 Å². The second-order valence-corrected chi connectivity index (χ2v) is 5.23. The fraction of sp³-hybridized carbons (Fsp3) is 0.167. The van der Waals surface area contributed by atoms with E-state index in [9.17, 15) is 5.11 Å². The molecule has 0 aliphatic heterocycles. The predicted molar refractivity (Wildman–Crippen MR) is 83.9 cm³/mol. The molecule has 0 amide bonds. The van der Waals surface area contributed by atoms with Gasteiger partial charge >= 0.3 is 0 Å². The second kappa shape index (κ2) is 5.54. The summed E-state index contributed by atoms with van der Waals surface area (Å²) in [7, 11) is 1.86. The van der Waals surface area contributed by atoms with E-state index in [1.807, 2.05) is 62.6 Å². The van der Waals surface area contributed by atoms with Crippen molar-refractivity contribution in [2.75, 3.05) is 0 Å². The van der Waals surface area contributed by atoms with Crippen LogP contribution in [0.1, 0.15) is 22.9 Å². The largest absolute Gasteiger partial charge is 0.384 e. The zero-order valence-electron chi connectivity index (χ0n) is 12.2. The first-order valence-corrected chi connectivity index (χ1v) is 6.99. The van der Waals surface area contributed by atoms with Crippen LogP contribution in [-0.4, -0.2) is 14.9 Å². The summed E-state index contributed by atoms with van der Waals surface area (Å²) in [6.07, 6.45) is 1.23. The molecule has 0 aliphatic rings. The topological polar surface area (TPSA) is 38.0 Å². The van der Waals surface area contributed by atoms with Crippen LogP contribution < -0.4 is 0 Å². The van der Waals surface area contributed by atoms with Gasteiger partial charge in [0.15, 0.2) is 0 Å². The SMILES string of the molecule is Cc1nn(C)cc1C(O)c1ccc(-c2ccccc2)cc1. The van der Waals surface area contributed by atoms with Crippen LogP contribution in [0.25, 0.3) is 11.1 Å². The Morgan fingerprint density at radius 3 is 2.14 bits per heavy atom. The van der Waals surface area contributed by atoms with Crippen molar-refractivity contribution < 1.29 is 5.11 Å². The van der Waals surface area contributed by atoms with Gasteiger partial charge in [0.25, 0.3) is 0 Å². The highest BCUT2D eigenvalue weighted by molar-refractivity contribution is 5.63. The quantitative estimate of drug-likeness (QED) is 0.796. The summed E-state index contributed by atoms with van der Waals surface area (Å²) in [5, 5.41) is 14.8. The van der Waals surface area contributed by atoms with Gasteiger partial charge in [0.1, 0.15) is 6.10 Å². The first kappa shape index (κ1) is 13.6. The van der Waals surface area contributed by atoms with E-state index >= 15 is 0 Å². The van der Waals surface area contributed by atoms with Gasteiger partial charge < -0.3 is 5.11 Å². The number of rotatable bonds is 3. The number of benzene rings is 2. The smallest absolute Gasteiger partial charge is 0.107 e. The average Bonchev–Trinajstić information content (AvgIpc) is 2.86. The summed E-state index contributed by atoms with van der Waals surface area (Å²) in [5.74, 6) is 0. The van der Waals surface area contributed by atoms with Crippen LogP contribution in [0.2, 0.25) is 0 Å². The highest BCUT2D eigenvalue weighted by Crippen LogP contribution is 2.26. The lowest BCUT2D eigenvalue weighted by molar-refractivity contribution is 0.219. The third-order valence-corrected chi connectivity index (χ3v) is 3.68. The summed E-state index contributed by atoms with van der Waals surface area (Å²) >= 11 is 0. The van der Waals surface area contributed by atoms with Crippen LogP contribution in [-0.2, 0) is 7.05 Å². The van der Waals surface area contributed by atoms with Crippen molar-refractivity contribution in [3.05, 3.63) is 77.6 Å². The highest BCUT2D eigenvalue weighted by atomic mass is 16.3. The van der Waals surface area contributed by atoms with Crippen LogP contribution >= 0.6 is 0 Å². The fourth-order valence-corrected chi connectivity index (χ4v) is 2.55. The summed E-state index contributed by atoms with van der Waals surface area (Å²) in [5.41, 5.74) is 4.92. The number of aliphatic hydroxyl groups excluding tert-OH is 1. The molecule has 1 aromatic heterocycles. The van der Waals surface area contributed by atoms with Crippen molar-refractivity contribution in [1.29, 1.82) is 0 Å². The molecule has 3 nitrogen and oxygen atoms in total. The van der Waals surface area contributed by atoms with Gasteiger partial charge in [-0.1, -0.05) is 54.6 Å². The Hall–Kier alpha value is -2.39. The summed E-state index contributed by atoms with van der Waals surface area (Å²) in [6.45, 7) is 1.91. The van der Waals surface area contributed by atoms with E-state index < -0.39 is 6.10 Å². The Kier molecular flexibility index (Phi) is 3.59. The number of aryl methyl sites for hydroxylation is 2. The maximum Gasteiger partial charge on any atom is 0.107 e. The van der Waals surface area contributed by atoms with E-state index in [0.717, 1.165) is 22.4 Å². The number of aliphatic hydroxyl groups is 1. The Bertz CT molecular complexity index is 730. The van der Waals surface area contributed by atoms with Crippen molar-refractivity contribution in [3.63, 3.8) is 0 Å². The molecule has 0 bridgehead atoms. The molecule has 0 radical (unpaired) electrons. The van der Waals surface area contributed by atoms with E-state index in [4.69, 9.17) is 0 Å². The highest BCUT2D eigenvalue weighted by Gasteiger charge is 2.15. The van der Waals surface area contributed by atoms with Gasteiger partial charge in [0.05, 0.1) is 5.69 Å². The molecule has 106 valence electrons. The molecular weight excluding hydrogens is 260 g/mol. The van der Waals surface area contributed by atoms with Gasteiger partial charge in [-0.25, -0.2) is 0 Å². The molecule has 0 saturated carbocycles. The van der Waals surface area contributed by atoms with E-state index in [1.54, 1.807) is 4.68 Å². The average molecular weight is 278 g/mol. The first-order chi connectivity index (χ1) is 10.1. The predicted octanol–water partition coefficient (Wildman–Crippen LogP) is 3.48. The Balaban J connectivity index is 1.89. The zero-order chi connectivity index (χ0) is 14.8. The lowest BCUT2D eigenvalue weighted by Crippen LogP contribution is -2.00. The molecule has 3 heteroatoms. The lowest BCUT2D eigenvalue weighted by atomic mass is 9.99. The number of aromatic nitrogens is 2. The van der Waals surface area contributed by atoms with Crippen LogP contribution in [0.15, 0.2) is 60.8 Å². The Labute approximate surface area is 124 Å². The van der Waals surface area contributed by atoms with E-state index in [0.29, 0.717) is 0 Å². The molecule has 3 rings (SSSR count). The Morgan fingerprint density at radius 2 is 1.57 bits per heavy atom. The molecule has 1 N–H and O–H groups in total. The number of hydrogen-bond acceptors (Lipinski definition) is 2. The van der Waals surface area contributed by atoms with Gasteiger partial charge in [-0.2, -0.15) is 5.10 Å². The molecule has 21 heavy (non-hydrogen) atoms. The molecule has 2 aromatic carbocycles. The van der Waals surface area contributed by atoms with E-state index in [1.165, 1.54) is 5.56 Å². The maximum absolute atomic E-state index is 10.5. The van der Waals surface area contributed by atoms with Gasteiger partial charge in [-0.15, -0.1) is 0 Å². The van der Waals surface area contributed by atoms with Gasteiger partial charge in [-0.3, -0.25) is 4.68 Å². The minimum Gasteiger partial charge on any atom is -0.384 e. The lowest BCUT2D eigenvalue weighted by Gasteiger charge is -2.11. The zero-order valence-corrected chi connectivity index (χ0v) is 12.2. The summed E-state index contributed by atoms with van der Waals surface area (Å²) in [4.78, 5) is 0. The Morgan fingerprint density at radius 1 is 0.952 bits per heavy atom. The summed E-state index contributed by atoms with van der Waals surface area (Å²) < 4.78 is 1.73. The minimum atomic E-state index is -0.636. The van der Waals surface area contributed by atoms with Crippen molar-refractivity contribution >= 4 is 0 Å². The third kappa shape index (κ3) is 2.73. The molecule has 0 fully saturated rings. The second-order valence-electron chi connectivity index (χ2n) is 5.23. The van der Waals surface area contributed by atoms with Crippen LogP contribution in [0, 0.1) is 6.92 Å². The molecular formula is C18H18N2O. The van der Waals surface area contributed by atoms with Gasteiger partial charge in [0, 0.05) is 18.8 Å². The van der Waals surface area contributed by atoms with Crippen molar-refractivity contribution in [2.24, 2.45) is 7.05 Å². The minimum absolute atomic E-state index is 0.636. The fourth-order valence-electron chi connectivity index (χ4n) is 2.55. The molecule has 1 unspecified atom stereocenters. The molecule has 1 atom stereocenters. The van der Waals surface area contributed by atoms with Crippen molar-refractivity contribution in [3.8, 4) is 11.1 Å². The van der Waals surface area contributed by atoms with Crippen molar-refractivity contribution in [2.45, 2.75) is 13.0 Å². The molecule has 1 heterocycles. The van der Waals surface area contributed by atoms with E-state index in [2.05, 4.69) is 17.2 Å². The normalized spacial score (nSPS) is 12.3. The van der Waals surface area contributed by atoms with Gasteiger partial charge in [-0.05, 0) is 23.6 Å². The van der Waals surface area contributed by atoms with Crippen LogP contribution in [0.3, 0.4) is 0 Å². The van der Waals surface area contributed by atoms with E-state index in [-0.39, 0.29) is 0 Å². The van der Waals surface area contributed by atoms with Crippen LogP contribution in [0.4, 0.5) is 0 Å². The number of hydrogen-bond donors (Lipinski definition) is 1. The summed E-state index contributed by atoms with van der Waals surface area (Å²) in [6, 6.07) is 18.2. The first-order valence-electron chi connectivity index (χ1n) is 6.99. The third-order valence-electron chi connectivity index (χ3n) is 3.68. The maximum atomic E-state index is 10.5.